The number of hydrogen-bond donors (Lipinski definition) is 0. The second kappa shape index (κ2) is 2.81. The lowest BCUT2D eigenvalue weighted by molar-refractivity contribution is -0.126. The molecule has 5 heteroatoms. The van der Waals surface area contributed by atoms with E-state index in [1.165, 1.54) is 6.20 Å². The summed E-state index contributed by atoms with van der Waals surface area (Å²) in [6.45, 7) is 1.69. The molecule has 11 heavy (non-hydrogen) atoms. The van der Waals surface area contributed by atoms with Crippen molar-refractivity contribution < 1.29 is 13.2 Å². The van der Waals surface area contributed by atoms with Crippen LogP contribution in [0.3, 0.4) is 0 Å². The maximum atomic E-state index is 11.7. The number of hydrogen-bond acceptors (Lipinski definition) is 2. The van der Waals surface area contributed by atoms with Gasteiger partial charge in [-0.1, -0.05) is 0 Å². The first-order valence-corrected chi connectivity index (χ1v) is 3.77. The van der Waals surface area contributed by atoms with Gasteiger partial charge in [-0.25, -0.2) is 4.98 Å². The molecule has 0 bridgehead atoms. The summed E-state index contributed by atoms with van der Waals surface area (Å²) in [7, 11) is 0. The zero-order valence-corrected chi connectivity index (χ0v) is 6.59. The number of alkyl halides is 3. The summed E-state index contributed by atoms with van der Waals surface area (Å²) >= 11 is 1.08. The molecule has 0 atom stereocenters. The van der Waals surface area contributed by atoms with Gasteiger partial charge in [-0.3, -0.25) is 0 Å². The van der Waals surface area contributed by atoms with Gasteiger partial charge in [0.1, 0.15) is 0 Å². The average molecular weight is 181 g/mol. The van der Waals surface area contributed by atoms with Gasteiger partial charge >= 0.3 is 6.18 Å². The van der Waals surface area contributed by atoms with Crippen LogP contribution in [-0.2, 0) is 6.42 Å². The van der Waals surface area contributed by atoms with Crippen LogP contribution in [0, 0.1) is 6.92 Å². The number of nitrogens with zero attached hydrogens (tertiary/aromatic N) is 1. The Morgan fingerprint density at radius 2 is 2.18 bits per heavy atom. The molecule has 0 radical (unpaired) electrons. The lowest BCUT2D eigenvalue weighted by Gasteiger charge is -2.01. The van der Waals surface area contributed by atoms with Crippen LogP contribution in [0.15, 0.2) is 6.20 Å². The van der Waals surface area contributed by atoms with Crippen molar-refractivity contribution in [3.63, 3.8) is 0 Å². The Balaban J connectivity index is 2.65. The first kappa shape index (κ1) is 8.52. The van der Waals surface area contributed by atoms with Crippen LogP contribution in [0.2, 0.25) is 0 Å². The molecule has 0 saturated carbocycles. The van der Waals surface area contributed by atoms with Crippen LogP contribution < -0.4 is 0 Å². The SMILES string of the molecule is Cc1ncc(CC(F)(F)F)s1. The quantitative estimate of drug-likeness (QED) is 0.648. The van der Waals surface area contributed by atoms with Gasteiger partial charge in [0.15, 0.2) is 0 Å². The minimum Gasteiger partial charge on any atom is -0.250 e. The Kier molecular flexibility index (Phi) is 2.17. The molecule has 1 rings (SSSR count). The first-order chi connectivity index (χ1) is 4.97. The van der Waals surface area contributed by atoms with E-state index in [1.807, 2.05) is 0 Å². The summed E-state index contributed by atoms with van der Waals surface area (Å²) in [5.41, 5.74) is 0. The molecule has 0 aliphatic carbocycles. The van der Waals surface area contributed by atoms with E-state index < -0.39 is 12.6 Å². The molecule has 62 valence electrons. The molecule has 0 aliphatic rings. The minimum atomic E-state index is -4.11. The van der Waals surface area contributed by atoms with Gasteiger partial charge in [-0.15, -0.1) is 11.3 Å². The Labute approximate surface area is 65.9 Å². The lowest BCUT2D eigenvalue weighted by atomic mass is 10.4. The highest BCUT2D eigenvalue weighted by Crippen LogP contribution is 2.24. The summed E-state index contributed by atoms with van der Waals surface area (Å²) in [5.74, 6) is 0. The summed E-state index contributed by atoms with van der Waals surface area (Å²) in [6, 6.07) is 0. The fraction of sp³-hybridized carbons (Fsp3) is 0.500. The van der Waals surface area contributed by atoms with E-state index in [2.05, 4.69) is 4.98 Å². The van der Waals surface area contributed by atoms with Gasteiger partial charge in [0.05, 0.1) is 11.4 Å². The van der Waals surface area contributed by atoms with Gasteiger partial charge in [-0.05, 0) is 6.92 Å². The van der Waals surface area contributed by atoms with Crippen LogP contribution in [-0.4, -0.2) is 11.2 Å². The summed E-state index contributed by atoms with van der Waals surface area (Å²) in [5, 5.41) is 0.671. The van der Waals surface area contributed by atoms with Crippen molar-refractivity contribution in [2.45, 2.75) is 19.5 Å². The molecular formula is C6H6F3NS. The van der Waals surface area contributed by atoms with E-state index in [-0.39, 0.29) is 4.88 Å². The molecule has 1 heterocycles. The van der Waals surface area contributed by atoms with E-state index in [9.17, 15) is 13.2 Å². The highest BCUT2D eigenvalue weighted by Gasteiger charge is 2.28. The Morgan fingerprint density at radius 1 is 1.55 bits per heavy atom. The summed E-state index contributed by atoms with van der Waals surface area (Å²) in [4.78, 5) is 3.99. The third-order valence-corrected chi connectivity index (χ3v) is 1.96. The zero-order chi connectivity index (χ0) is 8.48. The first-order valence-electron chi connectivity index (χ1n) is 2.95. The molecule has 0 N–H and O–H groups in total. The number of thiazole rings is 1. The van der Waals surface area contributed by atoms with E-state index in [4.69, 9.17) is 0 Å². The highest BCUT2D eigenvalue weighted by molar-refractivity contribution is 7.11. The van der Waals surface area contributed by atoms with Crippen molar-refractivity contribution in [2.75, 3.05) is 0 Å². The maximum Gasteiger partial charge on any atom is 0.393 e. The predicted molar refractivity (Wildman–Crippen MR) is 36.6 cm³/mol. The molecule has 0 spiro atoms. The third kappa shape index (κ3) is 2.88. The van der Waals surface area contributed by atoms with Gasteiger partial charge in [0.2, 0.25) is 0 Å². The molecule has 0 aliphatic heterocycles. The number of halogens is 3. The number of rotatable bonds is 1. The van der Waals surface area contributed by atoms with E-state index >= 15 is 0 Å². The number of aryl methyl sites for hydroxylation is 1. The standard InChI is InChI=1S/C6H6F3NS/c1-4-10-3-5(11-4)2-6(7,8)9/h3H,2H2,1H3. The molecule has 0 saturated heterocycles. The van der Waals surface area contributed by atoms with Crippen LogP contribution in [0.5, 0.6) is 0 Å². The average Bonchev–Trinajstić information content (AvgIpc) is 2.10. The topological polar surface area (TPSA) is 12.9 Å². The van der Waals surface area contributed by atoms with Crippen molar-refractivity contribution in [3.8, 4) is 0 Å². The van der Waals surface area contributed by atoms with Gasteiger partial charge < -0.3 is 0 Å². The predicted octanol–water partition coefficient (Wildman–Crippen LogP) is 2.56. The molecule has 1 aromatic rings. The Morgan fingerprint density at radius 3 is 2.55 bits per heavy atom. The van der Waals surface area contributed by atoms with Crippen molar-refractivity contribution in [3.05, 3.63) is 16.1 Å². The molecule has 0 fully saturated rings. The van der Waals surface area contributed by atoms with Crippen molar-refractivity contribution >= 4 is 11.3 Å². The molecular weight excluding hydrogens is 175 g/mol. The van der Waals surface area contributed by atoms with Gasteiger partial charge in [-0.2, -0.15) is 13.2 Å². The van der Waals surface area contributed by atoms with Crippen LogP contribution in [0.25, 0.3) is 0 Å². The van der Waals surface area contributed by atoms with Crippen molar-refractivity contribution in [2.24, 2.45) is 0 Å². The van der Waals surface area contributed by atoms with E-state index in [0.29, 0.717) is 5.01 Å². The Hall–Kier alpha value is -0.580. The van der Waals surface area contributed by atoms with Crippen LogP contribution in [0.1, 0.15) is 9.88 Å². The Bertz CT molecular complexity index is 240. The number of aromatic nitrogens is 1. The van der Waals surface area contributed by atoms with Crippen molar-refractivity contribution in [1.29, 1.82) is 0 Å². The van der Waals surface area contributed by atoms with E-state index in [0.717, 1.165) is 11.3 Å². The maximum absolute atomic E-state index is 11.7. The van der Waals surface area contributed by atoms with E-state index in [1.54, 1.807) is 6.92 Å². The lowest BCUT2D eigenvalue weighted by Crippen LogP contribution is -2.10. The van der Waals surface area contributed by atoms with Crippen molar-refractivity contribution in [1.82, 2.24) is 4.98 Å². The summed E-state index contributed by atoms with van der Waals surface area (Å²) < 4.78 is 35.2. The normalized spacial score (nSPS) is 12.0. The third-order valence-electron chi connectivity index (χ3n) is 1.04. The highest BCUT2D eigenvalue weighted by atomic mass is 32.1. The monoisotopic (exact) mass is 181 g/mol. The second-order valence-corrected chi connectivity index (χ2v) is 3.46. The molecule has 1 aromatic heterocycles. The largest absolute Gasteiger partial charge is 0.393 e. The smallest absolute Gasteiger partial charge is 0.250 e. The molecule has 0 amide bonds. The minimum absolute atomic E-state index is 0.273. The molecule has 0 aromatic carbocycles. The van der Waals surface area contributed by atoms with Gasteiger partial charge in [0.25, 0.3) is 0 Å². The van der Waals surface area contributed by atoms with Crippen LogP contribution in [0.4, 0.5) is 13.2 Å². The fourth-order valence-electron chi connectivity index (χ4n) is 0.685. The van der Waals surface area contributed by atoms with Gasteiger partial charge in [0, 0.05) is 11.1 Å². The second-order valence-electron chi connectivity index (χ2n) is 2.14. The van der Waals surface area contributed by atoms with Crippen LogP contribution >= 0.6 is 11.3 Å². The molecule has 0 unspecified atom stereocenters. The fourth-order valence-corrected chi connectivity index (χ4v) is 1.51. The zero-order valence-electron chi connectivity index (χ0n) is 5.77. The summed E-state index contributed by atoms with van der Waals surface area (Å²) in [6.07, 6.45) is -3.70. The molecule has 1 nitrogen and oxygen atoms in total.